The second-order valence-electron chi connectivity index (χ2n) is 6.44. The summed E-state index contributed by atoms with van der Waals surface area (Å²) in [5.74, 6) is 0.789. The van der Waals surface area contributed by atoms with Crippen LogP contribution in [0.5, 0.6) is 0 Å². The maximum atomic E-state index is 12.4. The maximum Gasteiger partial charge on any atom is 0.317 e. The summed E-state index contributed by atoms with van der Waals surface area (Å²) in [5.41, 5.74) is 3.31. The van der Waals surface area contributed by atoms with Crippen LogP contribution in [0.2, 0.25) is 0 Å². The van der Waals surface area contributed by atoms with Crippen molar-refractivity contribution in [1.82, 2.24) is 10.2 Å². The Hall–Kier alpha value is -2.75. The average molecular weight is 336 g/mol. The zero-order chi connectivity index (χ0) is 17.8. The predicted molar refractivity (Wildman–Crippen MR) is 101 cm³/mol. The van der Waals surface area contributed by atoms with Crippen molar-refractivity contribution in [2.45, 2.75) is 26.3 Å². The molecule has 4 heteroatoms. The highest BCUT2D eigenvalue weighted by Crippen LogP contribution is 2.26. The zero-order valence-electron chi connectivity index (χ0n) is 15.0. The van der Waals surface area contributed by atoms with E-state index in [-0.39, 0.29) is 12.1 Å². The number of para-hydroxylation sites is 1. The van der Waals surface area contributed by atoms with Crippen molar-refractivity contribution in [2.75, 3.05) is 13.6 Å². The van der Waals surface area contributed by atoms with Crippen LogP contribution in [0.3, 0.4) is 0 Å². The predicted octanol–water partition coefficient (Wildman–Crippen LogP) is 4.69. The molecule has 0 bridgehead atoms. The SMILES string of the molecule is Cc1cccc(CCNC(=O)N(C)C(C)c2cc3ccccc3o2)c1. The van der Waals surface area contributed by atoms with Crippen LogP contribution in [-0.2, 0) is 6.42 Å². The van der Waals surface area contributed by atoms with Gasteiger partial charge in [-0.15, -0.1) is 0 Å². The molecular formula is C21H24N2O2. The monoisotopic (exact) mass is 336 g/mol. The number of nitrogens with one attached hydrogen (secondary N) is 1. The number of fused-ring (bicyclic) bond motifs is 1. The summed E-state index contributed by atoms with van der Waals surface area (Å²) in [7, 11) is 1.79. The molecule has 0 radical (unpaired) electrons. The van der Waals surface area contributed by atoms with Gasteiger partial charge in [0.25, 0.3) is 0 Å². The van der Waals surface area contributed by atoms with E-state index in [0.717, 1.165) is 23.2 Å². The number of nitrogens with zero attached hydrogens (tertiary/aromatic N) is 1. The highest BCUT2D eigenvalue weighted by atomic mass is 16.3. The molecule has 25 heavy (non-hydrogen) atoms. The molecule has 2 aromatic carbocycles. The van der Waals surface area contributed by atoms with Crippen LogP contribution >= 0.6 is 0 Å². The van der Waals surface area contributed by atoms with Gasteiger partial charge in [0.05, 0.1) is 6.04 Å². The summed E-state index contributed by atoms with van der Waals surface area (Å²) < 4.78 is 5.87. The van der Waals surface area contributed by atoms with E-state index in [4.69, 9.17) is 4.42 Å². The van der Waals surface area contributed by atoms with E-state index in [0.29, 0.717) is 6.54 Å². The molecule has 3 aromatic rings. The minimum Gasteiger partial charge on any atom is -0.459 e. The molecule has 1 unspecified atom stereocenters. The molecular weight excluding hydrogens is 312 g/mol. The lowest BCUT2D eigenvalue weighted by molar-refractivity contribution is 0.188. The number of rotatable bonds is 5. The fourth-order valence-electron chi connectivity index (χ4n) is 2.88. The van der Waals surface area contributed by atoms with Crippen LogP contribution in [0.1, 0.15) is 29.9 Å². The Balaban J connectivity index is 1.57. The van der Waals surface area contributed by atoms with Crippen molar-refractivity contribution in [1.29, 1.82) is 0 Å². The molecule has 0 aliphatic carbocycles. The van der Waals surface area contributed by atoms with Crippen molar-refractivity contribution in [3.05, 3.63) is 71.5 Å². The first-order valence-electron chi connectivity index (χ1n) is 8.59. The van der Waals surface area contributed by atoms with E-state index in [1.165, 1.54) is 11.1 Å². The summed E-state index contributed by atoms with van der Waals surface area (Å²) in [4.78, 5) is 14.1. The third kappa shape index (κ3) is 4.02. The number of aryl methyl sites for hydroxylation is 1. The topological polar surface area (TPSA) is 45.5 Å². The molecule has 130 valence electrons. The van der Waals surface area contributed by atoms with Crippen molar-refractivity contribution < 1.29 is 9.21 Å². The van der Waals surface area contributed by atoms with Gasteiger partial charge in [0.15, 0.2) is 0 Å². The quantitative estimate of drug-likeness (QED) is 0.735. The van der Waals surface area contributed by atoms with E-state index in [2.05, 4.69) is 30.4 Å². The normalized spacial score (nSPS) is 12.1. The molecule has 0 fully saturated rings. The Labute approximate surface area is 148 Å². The minimum atomic E-state index is -0.133. The largest absolute Gasteiger partial charge is 0.459 e. The zero-order valence-corrected chi connectivity index (χ0v) is 15.0. The Bertz CT molecular complexity index is 836. The highest BCUT2D eigenvalue weighted by Gasteiger charge is 2.20. The molecule has 0 saturated carbocycles. The molecule has 1 atom stereocenters. The standard InChI is InChI=1S/C21H24N2O2/c1-15-7-6-8-17(13-15)11-12-22-21(24)23(3)16(2)20-14-18-9-4-5-10-19(18)25-20/h4-10,13-14,16H,11-12H2,1-3H3,(H,22,24). The summed E-state index contributed by atoms with van der Waals surface area (Å²) in [6.07, 6.45) is 0.820. The fourth-order valence-corrected chi connectivity index (χ4v) is 2.88. The Morgan fingerprint density at radius 3 is 2.72 bits per heavy atom. The number of urea groups is 1. The van der Waals surface area contributed by atoms with Gasteiger partial charge in [-0.05, 0) is 38.0 Å². The molecule has 1 aromatic heterocycles. The molecule has 2 amide bonds. The van der Waals surface area contributed by atoms with Crippen LogP contribution in [0.25, 0.3) is 11.0 Å². The lowest BCUT2D eigenvalue weighted by Gasteiger charge is -2.23. The van der Waals surface area contributed by atoms with Gasteiger partial charge in [0, 0.05) is 19.0 Å². The molecule has 4 nitrogen and oxygen atoms in total. The van der Waals surface area contributed by atoms with Gasteiger partial charge in [0.1, 0.15) is 11.3 Å². The molecule has 3 rings (SSSR count). The highest BCUT2D eigenvalue weighted by molar-refractivity contribution is 5.78. The first-order chi connectivity index (χ1) is 12.0. The number of hydrogen-bond donors (Lipinski definition) is 1. The fraction of sp³-hybridized carbons (Fsp3) is 0.286. The molecule has 0 aliphatic heterocycles. The number of benzene rings is 2. The van der Waals surface area contributed by atoms with Crippen molar-refractivity contribution in [3.63, 3.8) is 0 Å². The molecule has 0 spiro atoms. The Morgan fingerprint density at radius 1 is 1.16 bits per heavy atom. The van der Waals surface area contributed by atoms with Crippen LogP contribution < -0.4 is 5.32 Å². The van der Waals surface area contributed by atoms with Crippen molar-refractivity contribution in [3.8, 4) is 0 Å². The van der Waals surface area contributed by atoms with Gasteiger partial charge < -0.3 is 14.6 Å². The second-order valence-corrected chi connectivity index (χ2v) is 6.44. The second kappa shape index (κ2) is 7.43. The first-order valence-corrected chi connectivity index (χ1v) is 8.59. The van der Waals surface area contributed by atoms with Crippen molar-refractivity contribution in [2.24, 2.45) is 0 Å². The minimum absolute atomic E-state index is 0.0967. The summed E-state index contributed by atoms with van der Waals surface area (Å²) in [6.45, 7) is 4.65. The summed E-state index contributed by atoms with van der Waals surface area (Å²) in [5, 5.41) is 4.03. The maximum absolute atomic E-state index is 12.4. The van der Waals surface area contributed by atoms with Crippen LogP contribution in [-0.4, -0.2) is 24.5 Å². The summed E-state index contributed by atoms with van der Waals surface area (Å²) in [6, 6.07) is 18.0. The molecule has 1 N–H and O–H groups in total. The number of furan rings is 1. The average Bonchev–Trinajstić information content (AvgIpc) is 3.04. The Kier molecular flexibility index (Phi) is 5.08. The van der Waals surface area contributed by atoms with Gasteiger partial charge in [-0.1, -0.05) is 48.0 Å². The van der Waals surface area contributed by atoms with E-state index in [9.17, 15) is 4.79 Å². The molecule has 0 saturated heterocycles. The van der Waals surface area contributed by atoms with Gasteiger partial charge >= 0.3 is 6.03 Å². The molecule has 1 heterocycles. The van der Waals surface area contributed by atoms with Crippen LogP contribution in [0.15, 0.2) is 59.0 Å². The Morgan fingerprint density at radius 2 is 1.96 bits per heavy atom. The summed E-state index contributed by atoms with van der Waals surface area (Å²) >= 11 is 0. The first kappa shape index (κ1) is 17.1. The smallest absolute Gasteiger partial charge is 0.317 e. The van der Waals surface area contributed by atoms with Gasteiger partial charge in [-0.3, -0.25) is 0 Å². The van der Waals surface area contributed by atoms with Gasteiger partial charge in [0.2, 0.25) is 0 Å². The van der Waals surface area contributed by atoms with E-state index >= 15 is 0 Å². The third-order valence-electron chi connectivity index (χ3n) is 4.53. The van der Waals surface area contributed by atoms with Gasteiger partial charge in [-0.2, -0.15) is 0 Å². The number of carbonyl (C=O) groups excluding carboxylic acids is 1. The van der Waals surface area contributed by atoms with Crippen LogP contribution in [0.4, 0.5) is 4.79 Å². The van der Waals surface area contributed by atoms with E-state index in [1.54, 1.807) is 11.9 Å². The number of amides is 2. The lowest BCUT2D eigenvalue weighted by Crippen LogP contribution is -2.39. The number of hydrogen-bond acceptors (Lipinski definition) is 2. The third-order valence-corrected chi connectivity index (χ3v) is 4.53. The van der Waals surface area contributed by atoms with Gasteiger partial charge in [-0.25, -0.2) is 4.79 Å². The molecule has 0 aliphatic rings. The van der Waals surface area contributed by atoms with Crippen LogP contribution in [0, 0.1) is 6.92 Å². The van der Waals surface area contributed by atoms with Crippen molar-refractivity contribution >= 4 is 17.0 Å². The van der Waals surface area contributed by atoms with E-state index < -0.39 is 0 Å². The lowest BCUT2D eigenvalue weighted by atomic mass is 10.1. The van der Waals surface area contributed by atoms with E-state index in [1.807, 2.05) is 43.3 Å². The number of carbonyl (C=O) groups is 1.